The van der Waals surface area contributed by atoms with Gasteiger partial charge in [0.15, 0.2) is 0 Å². The van der Waals surface area contributed by atoms with Crippen LogP contribution in [0.15, 0.2) is 64.6 Å². The first-order valence-corrected chi connectivity index (χ1v) is 8.74. The Kier molecular flexibility index (Phi) is 4.91. The fourth-order valence-electron chi connectivity index (χ4n) is 2.41. The van der Waals surface area contributed by atoms with Gasteiger partial charge in [0.05, 0.1) is 17.3 Å². The molecule has 0 unspecified atom stereocenters. The molecular weight excluding hydrogens is 318 g/mol. The lowest BCUT2D eigenvalue weighted by Crippen LogP contribution is -2.18. The third-order valence-corrected chi connectivity index (χ3v) is 4.33. The molecule has 1 aromatic heterocycles. The van der Waals surface area contributed by atoms with E-state index in [1.165, 1.54) is 4.90 Å². The highest BCUT2D eigenvalue weighted by atomic mass is 32.2. The van der Waals surface area contributed by atoms with Gasteiger partial charge in [0.2, 0.25) is 0 Å². The van der Waals surface area contributed by atoms with Crippen LogP contribution in [0.1, 0.15) is 21.6 Å². The molecule has 0 saturated heterocycles. The summed E-state index contributed by atoms with van der Waals surface area (Å²) in [6.45, 7) is 1.87. The Bertz CT molecular complexity index is 904. The molecule has 24 heavy (non-hydrogen) atoms. The third kappa shape index (κ3) is 3.63. The van der Waals surface area contributed by atoms with Gasteiger partial charge in [-0.15, -0.1) is 11.8 Å². The monoisotopic (exact) mass is 335 g/mol. The molecule has 3 rings (SSSR count). The van der Waals surface area contributed by atoms with Gasteiger partial charge in [-0.3, -0.25) is 9.78 Å². The highest BCUT2D eigenvalue weighted by Gasteiger charge is 2.10. The van der Waals surface area contributed by atoms with Crippen LogP contribution >= 0.6 is 11.8 Å². The molecule has 3 aromatic rings. The van der Waals surface area contributed by atoms with Gasteiger partial charge in [-0.2, -0.15) is 5.10 Å². The van der Waals surface area contributed by atoms with Crippen molar-refractivity contribution < 1.29 is 4.79 Å². The van der Waals surface area contributed by atoms with E-state index < -0.39 is 0 Å². The van der Waals surface area contributed by atoms with Crippen LogP contribution in [0.4, 0.5) is 0 Å². The van der Waals surface area contributed by atoms with E-state index in [9.17, 15) is 4.79 Å². The summed E-state index contributed by atoms with van der Waals surface area (Å²) in [7, 11) is 0. The Hall–Kier alpha value is -2.66. The number of amides is 1. The zero-order valence-corrected chi connectivity index (χ0v) is 14.3. The second-order valence-corrected chi connectivity index (χ2v) is 6.18. The van der Waals surface area contributed by atoms with Crippen molar-refractivity contribution in [2.24, 2.45) is 5.10 Å². The van der Waals surface area contributed by atoms with Crippen LogP contribution in [-0.4, -0.2) is 23.4 Å². The van der Waals surface area contributed by atoms with Crippen LogP contribution in [-0.2, 0) is 0 Å². The molecule has 120 valence electrons. The molecule has 0 aliphatic carbocycles. The number of nitrogens with zero attached hydrogens (tertiary/aromatic N) is 2. The van der Waals surface area contributed by atoms with Crippen LogP contribution in [0.25, 0.3) is 10.9 Å². The van der Waals surface area contributed by atoms with Crippen molar-refractivity contribution in [1.82, 2.24) is 10.4 Å². The van der Waals surface area contributed by atoms with Gasteiger partial charge in [-0.1, -0.05) is 30.3 Å². The second-order valence-electron chi connectivity index (χ2n) is 5.30. The number of thioether (sulfide) groups is 1. The van der Waals surface area contributed by atoms with Gasteiger partial charge in [0.25, 0.3) is 5.91 Å². The molecule has 0 saturated carbocycles. The average molecular weight is 335 g/mol. The number of hydrogen-bond acceptors (Lipinski definition) is 4. The minimum absolute atomic E-state index is 0.242. The lowest BCUT2D eigenvalue weighted by molar-refractivity contribution is 0.0956. The maximum atomic E-state index is 12.4. The summed E-state index contributed by atoms with van der Waals surface area (Å²) < 4.78 is 0. The Balaban J connectivity index is 1.78. The molecule has 0 aliphatic rings. The number of rotatable bonds is 4. The first-order chi connectivity index (χ1) is 11.7. The average Bonchev–Trinajstić information content (AvgIpc) is 2.61. The highest BCUT2D eigenvalue weighted by Crippen LogP contribution is 2.18. The van der Waals surface area contributed by atoms with Crippen LogP contribution in [0.5, 0.6) is 0 Å². The molecule has 0 atom stereocenters. The fourth-order valence-corrected chi connectivity index (χ4v) is 2.82. The van der Waals surface area contributed by atoms with E-state index in [4.69, 9.17) is 0 Å². The molecule has 1 N–H and O–H groups in total. The smallest absolute Gasteiger partial charge is 0.267 e. The van der Waals surface area contributed by atoms with E-state index in [-0.39, 0.29) is 5.91 Å². The first-order valence-electron chi connectivity index (χ1n) is 7.51. The van der Waals surface area contributed by atoms with E-state index in [1.807, 2.05) is 61.7 Å². The van der Waals surface area contributed by atoms with E-state index in [2.05, 4.69) is 15.5 Å². The predicted octanol–water partition coefficient (Wildman–Crippen LogP) is 4.03. The summed E-state index contributed by atoms with van der Waals surface area (Å²) in [6.07, 6.45) is 3.67. The topological polar surface area (TPSA) is 54.4 Å². The maximum Gasteiger partial charge on any atom is 0.272 e. The molecule has 0 fully saturated rings. The number of para-hydroxylation sites is 1. The van der Waals surface area contributed by atoms with Gasteiger partial charge < -0.3 is 0 Å². The summed E-state index contributed by atoms with van der Waals surface area (Å²) in [4.78, 5) is 18.1. The lowest BCUT2D eigenvalue weighted by Gasteiger charge is -2.06. The van der Waals surface area contributed by atoms with E-state index in [1.54, 1.807) is 24.0 Å². The normalized spacial score (nSPS) is 11.1. The van der Waals surface area contributed by atoms with Crippen molar-refractivity contribution in [3.8, 4) is 0 Å². The lowest BCUT2D eigenvalue weighted by atomic mass is 10.1. The largest absolute Gasteiger partial charge is 0.272 e. The third-order valence-electron chi connectivity index (χ3n) is 3.58. The van der Waals surface area contributed by atoms with E-state index >= 15 is 0 Å². The number of benzene rings is 2. The molecule has 0 aliphatic heterocycles. The molecular formula is C19H17N3OS. The number of carbonyl (C=O) groups is 1. The minimum atomic E-state index is -0.242. The number of hydrogen-bond donors (Lipinski definition) is 1. The summed E-state index contributed by atoms with van der Waals surface area (Å²) >= 11 is 1.69. The quantitative estimate of drug-likeness (QED) is 0.445. The van der Waals surface area contributed by atoms with Crippen LogP contribution < -0.4 is 5.43 Å². The predicted molar refractivity (Wildman–Crippen MR) is 99.8 cm³/mol. The van der Waals surface area contributed by atoms with Crippen molar-refractivity contribution in [2.75, 3.05) is 6.26 Å². The Labute approximate surface area is 145 Å². The van der Waals surface area contributed by atoms with Crippen molar-refractivity contribution in [1.29, 1.82) is 0 Å². The zero-order chi connectivity index (χ0) is 16.9. The Morgan fingerprint density at radius 2 is 1.92 bits per heavy atom. The van der Waals surface area contributed by atoms with E-state index in [0.717, 1.165) is 22.2 Å². The summed E-state index contributed by atoms with van der Waals surface area (Å²) in [6, 6.07) is 17.3. The molecule has 1 heterocycles. The number of aromatic nitrogens is 1. The Morgan fingerprint density at radius 1 is 1.17 bits per heavy atom. The van der Waals surface area contributed by atoms with Gasteiger partial charge in [-0.05, 0) is 43.0 Å². The molecule has 4 nitrogen and oxygen atoms in total. The van der Waals surface area contributed by atoms with Gasteiger partial charge >= 0.3 is 0 Å². The van der Waals surface area contributed by atoms with Gasteiger partial charge in [-0.25, -0.2) is 5.43 Å². The molecule has 0 radical (unpaired) electrons. The molecule has 0 bridgehead atoms. The van der Waals surface area contributed by atoms with Crippen molar-refractivity contribution >= 4 is 34.8 Å². The molecule has 5 heteroatoms. The summed E-state index contributed by atoms with van der Waals surface area (Å²) in [5.41, 5.74) is 5.71. The van der Waals surface area contributed by atoms with Crippen molar-refractivity contribution in [2.45, 2.75) is 11.8 Å². The highest BCUT2D eigenvalue weighted by molar-refractivity contribution is 7.98. The number of pyridine rings is 1. The second kappa shape index (κ2) is 7.27. The van der Waals surface area contributed by atoms with Crippen LogP contribution in [0, 0.1) is 6.92 Å². The van der Waals surface area contributed by atoms with Crippen LogP contribution in [0.2, 0.25) is 0 Å². The van der Waals surface area contributed by atoms with Crippen LogP contribution in [0.3, 0.4) is 0 Å². The number of nitrogens with one attached hydrogen (secondary N) is 1. The molecule has 0 spiro atoms. The fraction of sp³-hybridized carbons (Fsp3) is 0.105. The van der Waals surface area contributed by atoms with Crippen molar-refractivity contribution in [3.63, 3.8) is 0 Å². The summed E-state index contributed by atoms with van der Waals surface area (Å²) in [5.74, 6) is -0.242. The number of aryl methyl sites for hydroxylation is 1. The maximum absolute atomic E-state index is 12.4. The molecule has 1 amide bonds. The van der Waals surface area contributed by atoms with Gasteiger partial charge in [0.1, 0.15) is 0 Å². The Morgan fingerprint density at radius 3 is 2.67 bits per heavy atom. The number of carbonyl (C=O) groups excluding carboxylic acids is 1. The first kappa shape index (κ1) is 16.2. The zero-order valence-electron chi connectivity index (χ0n) is 13.5. The van der Waals surface area contributed by atoms with Crippen molar-refractivity contribution in [3.05, 3.63) is 71.4 Å². The number of fused-ring (bicyclic) bond motifs is 1. The minimum Gasteiger partial charge on any atom is -0.267 e. The molecule has 2 aromatic carbocycles. The van der Waals surface area contributed by atoms with E-state index in [0.29, 0.717) is 5.56 Å². The number of hydrazone groups is 1. The summed E-state index contributed by atoms with van der Waals surface area (Å²) in [5, 5.41) is 4.88. The van der Waals surface area contributed by atoms with Gasteiger partial charge in [0, 0.05) is 16.0 Å². The standard InChI is InChI=1S/C19H17N3OS/c1-13-11-17(16-5-3-4-6-18(16)21-13)19(23)22-20-12-14-7-9-15(24-2)10-8-14/h3-12H,1-2H3,(H,22,23)/b20-12+. The SMILES string of the molecule is CSc1ccc(/C=N/NC(=O)c2cc(C)nc3ccccc23)cc1.